The molecule has 0 aromatic carbocycles. The molecule has 0 spiro atoms. The molecule has 0 atom stereocenters. The Bertz CT molecular complexity index is 686. The maximum atomic E-state index is 12.7. The zero-order chi connectivity index (χ0) is 17.2. The fourth-order valence-electron chi connectivity index (χ4n) is 2.34. The lowest BCUT2D eigenvalue weighted by Gasteiger charge is -2.34. The average molecular weight is 340 g/mol. The van der Waals surface area contributed by atoms with Crippen molar-refractivity contribution in [3.63, 3.8) is 0 Å². The Labute approximate surface area is 136 Å². The topological polar surface area (TPSA) is 67.3 Å². The third-order valence-corrected chi connectivity index (χ3v) is 3.63. The molecule has 3 heterocycles. The number of hydrogen-bond donors (Lipinski definition) is 0. The third-order valence-electron chi connectivity index (χ3n) is 3.63. The molecule has 1 aliphatic rings. The lowest BCUT2D eigenvalue weighted by Crippen LogP contribution is -2.47. The molecule has 0 N–H and O–H groups in total. The second-order valence-corrected chi connectivity index (χ2v) is 5.14. The van der Waals surface area contributed by atoms with Crippen LogP contribution in [-0.4, -0.2) is 53.2 Å². The molecule has 7 nitrogen and oxygen atoms in total. The smallest absolute Gasteiger partial charge is 0.433 e. The summed E-state index contributed by atoms with van der Waals surface area (Å²) >= 11 is 0. The van der Waals surface area contributed by atoms with Crippen molar-refractivity contribution in [3.05, 3.63) is 30.4 Å². The van der Waals surface area contributed by atoms with E-state index in [1.807, 2.05) is 4.90 Å². The monoisotopic (exact) mass is 340 g/mol. The highest BCUT2D eigenvalue weighted by Crippen LogP contribution is 2.28. The Morgan fingerprint density at radius 2 is 1.54 bits per heavy atom. The van der Waals surface area contributed by atoms with Gasteiger partial charge in [-0.2, -0.15) is 13.2 Å². The summed E-state index contributed by atoms with van der Waals surface area (Å²) in [6, 6.07) is 0.866. The van der Waals surface area contributed by atoms with Crippen molar-refractivity contribution >= 4 is 11.9 Å². The second-order valence-electron chi connectivity index (χ2n) is 5.14. The number of methoxy groups -OCH3 is 1. The highest BCUT2D eigenvalue weighted by Gasteiger charge is 2.33. The van der Waals surface area contributed by atoms with Crippen LogP contribution in [0.25, 0.3) is 0 Å². The van der Waals surface area contributed by atoms with Crippen molar-refractivity contribution in [2.24, 2.45) is 0 Å². The van der Waals surface area contributed by atoms with Crippen molar-refractivity contribution in [2.75, 3.05) is 43.1 Å². The molecule has 1 saturated heterocycles. The highest BCUT2D eigenvalue weighted by atomic mass is 19.4. The van der Waals surface area contributed by atoms with E-state index >= 15 is 0 Å². The number of anilines is 2. The van der Waals surface area contributed by atoms with E-state index in [-0.39, 0.29) is 5.95 Å². The Balaban J connectivity index is 1.66. The van der Waals surface area contributed by atoms with E-state index in [9.17, 15) is 13.2 Å². The molecule has 0 aliphatic carbocycles. The summed E-state index contributed by atoms with van der Waals surface area (Å²) in [5, 5.41) is 0. The van der Waals surface area contributed by atoms with Crippen LogP contribution in [0.1, 0.15) is 5.69 Å². The van der Waals surface area contributed by atoms with Gasteiger partial charge in [0.25, 0.3) is 0 Å². The van der Waals surface area contributed by atoms with Crippen LogP contribution in [0.15, 0.2) is 24.7 Å². The first-order valence-electron chi connectivity index (χ1n) is 7.23. The molecular formula is C14H15F3N6O. The van der Waals surface area contributed by atoms with Crippen molar-refractivity contribution in [1.82, 2.24) is 19.9 Å². The summed E-state index contributed by atoms with van der Waals surface area (Å²) in [5.41, 5.74) is -0.937. The lowest BCUT2D eigenvalue weighted by molar-refractivity contribution is -0.141. The molecule has 0 bridgehead atoms. The SMILES string of the molecule is COc1cnc(N2CCN(c3nccc(C(F)(F)F)n3)CC2)nc1. The van der Waals surface area contributed by atoms with Gasteiger partial charge in [-0.25, -0.2) is 19.9 Å². The Kier molecular flexibility index (Phi) is 4.36. The van der Waals surface area contributed by atoms with Gasteiger partial charge in [0.1, 0.15) is 5.69 Å². The first-order valence-corrected chi connectivity index (χ1v) is 7.23. The van der Waals surface area contributed by atoms with Gasteiger partial charge in [0.15, 0.2) is 5.75 Å². The van der Waals surface area contributed by atoms with Gasteiger partial charge in [0.2, 0.25) is 11.9 Å². The van der Waals surface area contributed by atoms with Crippen molar-refractivity contribution in [3.8, 4) is 5.75 Å². The molecule has 2 aromatic rings. The quantitative estimate of drug-likeness (QED) is 0.841. The van der Waals surface area contributed by atoms with Crippen LogP contribution in [-0.2, 0) is 6.18 Å². The number of rotatable bonds is 3. The molecule has 2 aromatic heterocycles. The second kappa shape index (κ2) is 6.46. The molecule has 0 amide bonds. The fraction of sp³-hybridized carbons (Fsp3) is 0.429. The van der Waals surface area contributed by atoms with Crippen LogP contribution in [0.2, 0.25) is 0 Å². The minimum absolute atomic E-state index is 0.0834. The minimum Gasteiger partial charge on any atom is -0.494 e. The van der Waals surface area contributed by atoms with Gasteiger partial charge in [-0.1, -0.05) is 0 Å². The van der Waals surface area contributed by atoms with Crippen molar-refractivity contribution in [2.45, 2.75) is 6.18 Å². The molecular weight excluding hydrogens is 325 g/mol. The van der Waals surface area contributed by atoms with Gasteiger partial charge >= 0.3 is 6.18 Å². The number of halogens is 3. The summed E-state index contributed by atoms with van der Waals surface area (Å²) in [5.74, 6) is 1.20. The molecule has 1 fully saturated rings. The number of aromatic nitrogens is 4. The van der Waals surface area contributed by atoms with Gasteiger partial charge in [0.05, 0.1) is 19.5 Å². The van der Waals surface area contributed by atoms with Crippen LogP contribution in [0.5, 0.6) is 5.75 Å². The third kappa shape index (κ3) is 3.47. The summed E-state index contributed by atoms with van der Waals surface area (Å²) in [6.45, 7) is 2.09. The molecule has 0 unspecified atom stereocenters. The predicted molar refractivity (Wildman–Crippen MR) is 80.0 cm³/mol. The fourth-order valence-corrected chi connectivity index (χ4v) is 2.34. The molecule has 1 aliphatic heterocycles. The van der Waals surface area contributed by atoms with E-state index in [0.717, 1.165) is 12.3 Å². The van der Waals surface area contributed by atoms with E-state index in [2.05, 4.69) is 19.9 Å². The maximum Gasteiger partial charge on any atom is 0.433 e. The first kappa shape index (κ1) is 16.2. The zero-order valence-electron chi connectivity index (χ0n) is 12.9. The van der Waals surface area contributed by atoms with Gasteiger partial charge in [-0.3, -0.25) is 0 Å². The van der Waals surface area contributed by atoms with E-state index in [1.165, 1.54) is 7.11 Å². The lowest BCUT2D eigenvalue weighted by atomic mass is 10.3. The van der Waals surface area contributed by atoms with Gasteiger partial charge in [0, 0.05) is 32.4 Å². The summed E-state index contributed by atoms with van der Waals surface area (Å²) in [4.78, 5) is 19.6. The van der Waals surface area contributed by atoms with Crippen LogP contribution < -0.4 is 14.5 Å². The number of hydrogen-bond acceptors (Lipinski definition) is 7. The van der Waals surface area contributed by atoms with Crippen molar-refractivity contribution in [1.29, 1.82) is 0 Å². The summed E-state index contributed by atoms with van der Waals surface area (Å²) in [6.07, 6.45) is -0.199. The van der Waals surface area contributed by atoms with Crippen LogP contribution >= 0.6 is 0 Å². The Morgan fingerprint density at radius 3 is 2.08 bits per heavy atom. The van der Waals surface area contributed by atoms with E-state index in [0.29, 0.717) is 37.9 Å². The Hall–Kier alpha value is -2.65. The predicted octanol–water partition coefficient (Wildman–Crippen LogP) is 1.62. The van der Waals surface area contributed by atoms with Gasteiger partial charge < -0.3 is 14.5 Å². The molecule has 24 heavy (non-hydrogen) atoms. The van der Waals surface area contributed by atoms with Gasteiger partial charge in [-0.15, -0.1) is 0 Å². The average Bonchev–Trinajstić information content (AvgIpc) is 2.61. The van der Waals surface area contributed by atoms with Crippen molar-refractivity contribution < 1.29 is 17.9 Å². The molecule has 0 radical (unpaired) electrons. The van der Waals surface area contributed by atoms with E-state index < -0.39 is 11.9 Å². The number of alkyl halides is 3. The molecule has 3 rings (SSSR count). The molecule has 128 valence electrons. The highest BCUT2D eigenvalue weighted by molar-refractivity contribution is 5.38. The molecule has 0 saturated carbocycles. The van der Waals surface area contributed by atoms with Crippen LogP contribution in [0, 0.1) is 0 Å². The first-order chi connectivity index (χ1) is 11.5. The minimum atomic E-state index is -4.48. The standard InChI is InChI=1S/C14H15F3N6O/c1-24-10-8-19-12(20-9-10)22-4-6-23(7-5-22)13-18-3-2-11(21-13)14(15,16)17/h2-3,8-9H,4-7H2,1H3. The van der Waals surface area contributed by atoms with E-state index in [1.54, 1.807) is 17.3 Å². The normalized spacial score (nSPS) is 15.5. The molecule has 10 heteroatoms. The maximum absolute atomic E-state index is 12.7. The number of nitrogens with zero attached hydrogens (tertiary/aromatic N) is 6. The number of ether oxygens (including phenoxy) is 1. The van der Waals surface area contributed by atoms with Gasteiger partial charge in [-0.05, 0) is 6.07 Å². The summed E-state index contributed by atoms with van der Waals surface area (Å²) in [7, 11) is 1.53. The van der Waals surface area contributed by atoms with Crippen LogP contribution in [0.4, 0.5) is 25.1 Å². The largest absolute Gasteiger partial charge is 0.494 e. The van der Waals surface area contributed by atoms with Crippen LogP contribution in [0.3, 0.4) is 0 Å². The summed E-state index contributed by atoms with van der Waals surface area (Å²) < 4.78 is 43.2. The Morgan fingerprint density at radius 1 is 0.958 bits per heavy atom. The number of piperazine rings is 1. The zero-order valence-corrected chi connectivity index (χ0v) is 12.9. The van der Waals surface area contributed by atoms with E-state index in [4.69, 9.17) is 4.74 Å².